The van der Waals surface area contributed by atoms with Crippen molar-refractivity contribution in [3.05, 3.63) is 29.6 Å². The van der Waals surface area contributed by atoms with Crippen molar-refractivity contribution in [1.82, 2.24) is 4.98 Å². The molecule has 0 bridgehead atoms. The highest BCUT2D eigenvalue weighted by atomic mass is 16.3. The molecule has 1 aromatic rings. The van der Waals surface area contributed by atoms with E-state index in [1.807, 2.05) is 19.2 Å². The molecule has 1 aliphatic carbocycles. The molecular weight excluding hydrogens is 174 g/mol. The molecule has 1 aromatic heterocycles. The summed E-state index contributed by atoms with van der Waals surface area (Å²) in [5, 5.41) is 10.3. The fourth-order valence-electron chi connectivity index (χ4n) is 2.55. The summed E-state index contributed by atoms with van der Waals surface area (Å²) in [6, 6.07) is 2.03. The van der Waals surface area contributed by atoms with Crippen molar-refractivity contribution in [1.29, 1.82) is 0 Å². The van der Waals surface area contributed by atoms with Gasteiger partial charge in [-0.25, -0.2) is 0 Å². The lowest BCUT2D eigenvalue weighted by molar-refractivity contribution is -0.119. The Morgan fingerprint density at radius 3 is 2.43 bits per heavy atom. The number of aromatic nitrogens is 1. The third kappa shape index (κ3) is 1.55. The van der Waals surface area contributed by atoms with E-state index >= 15 is 0 Å². The van der Waals surface area contributed by atoms with Crippen LogP contribution >= 0.6 is 0 Å². The average Bonchev–Trinajstić information content (AvgIpc) is 2.00. The van der Waals surface area contributed by atoms with Gasteiger partial charge in [0.2, 0.25) is 0 Å². The van der Waals surface area contributed by atoms with E-state index in [4.69, 9.17) is 0 Å². The minimum absolute atomic E-state index is 0.276. The second kappa shape index (κ2) is 2.80. The van der Waals surface area contributed by atoms with Gasteiger partial charge in [0.1, 0.15) is 0 Å². The third-order valence-corrected chi connectivity index (χ3v) is 2.95. The fourth-order valence-corrected chi connectivity index (χ4v) is 2.55. The molecule has 76 valence electrons. The van der Waals surface area contributed by atoms with E-state index in [0.717, 1.165) is 24.0 Å². The van der Waals surface area contributed by atoms with Crippen LogP contribution in [0.3, 0.4) is 0 Å². The van der Waals surface area contributed by atoms with Gasteiger partial charge in [0.25, 0.3) is 0 Å². The number of nitrogens with zero attached hydrogens (tertiary/aromatic N) is 1. The first kappa shape index (κ1) is 9.66. The van der Waals surface area contributed by atoms with E-state index in [0.29, 0.717) is 0 Å². The van der Waals surface area contributed by atoms with Crippen molar-refractivity contribution in [3.63, 3.8) is 0 Å². The van der Waals surface area contributed by atoms with Crippen LogP contribution in [0.4, 0.5) is 0 Å². The Hall–Kier alpha value is -0.890. The molecule has 0 atom stereocenters. The van der Waals surface area contributed by atoms with Crippen LogP contribution in [0.25, 0.3) is 0 Å². The highest BCUT2D eigenvalue weighted by molar-refractivity contribution is 5.26. The summed E-state index contributed by atoms with van der Waals surface area (Å²) in [6.07, 6.45) is 5.27. The molecule has 0 saturated heterocycles. The average molecular weight is 191 g/mol. The van der Waals surface area contributed by atoms with Gasteiger partial charge in [-0.1, -0.05) is 19.9 Å². The largest absolute Gasteiger partial charge is 0.385 e. The van der Waals surface area contributed by atoms with E-state index in [2.05, 4.69) is 18.8 Å². The Morgan fingerprint density at radius 1 is 1.29 bits per heavy atom. The standard InChI is InChI=1S/C12H17NO/c1-9-4-10(6-13-5-9)12(14)7-11(2,3)8-12/h4-6,14H,7-8H2,1-3H3. The smallest absolute Gasteiger partial charge is 0.0921 e. The van der Waals surface area contributed by atoms with Gasteiger partial charge >= 0.3 is 0 Å². The molecule has 1 N–H and O–H groups in total. The minimum atomic E-state index is -0.622. The molecule has 2 heteroatoms. The first-order valence-electron chi connectivity index (χ1n) is 5.06. The highest BCUT2D eigenvalue weighted by Gasteiger charge is 2.49. The van der Waals surface area contributed by atoms with Crippen LogP contribution in [0.2, 0.25) is 0 Å². The van der Waals surface area contributed by atoms with Gasteiger partial charge in [0.15, 0.2) is 0 Å². The predicted molar refractivity (Wildman–Crippen MR) is 55.9 cm³/mol. The Balaban J connectivity index is 2.25. The molecule has 0 amide bonds. The quantitative estimate of drug-likeness (QED) is 0.739. The maximum absolute atomic E-state index is 10.3. The van der Waals surface area contributed by atoms with Gasteiger partial charge in [0, 0.05) is 18.0 Å². The summed E-state index contributed by atoms with van der Waals surface area (Å²) in [5.74, 6) is 0. The van der Waals surface area contributed by atoms with E-state index in [1.54, 1.807) is 6.20 Å². The van der Waals surface area contributed by atoms with Gasteiger partial charge in [-0.15, -0.1) is 0 Å². The summed E-state index contributed by atoms with van der Waals surface area (Å²) in [6.45, 7) is 6.37. The van der Waals surface area contributed by atoms with Gasteiger partial charge in [-0.2, -0.15) is 0 Å². The van der Waals surface area contributed by atoms with E-state index in [9.17, 15) is 5.11 Å². The number of rotatable bonds is 1. The highest BCUT2D eigenvalue weighted by Crippen LogP contribution is 2.53. The van der Waals surface area contributed by atoms with Crippen molar-refractivity contribution < 1.29 is 5.11 Å². The lowest BCUT2D eigenvalue weighted by atomic mass is 9.59. The van der Waals surface area contributed by atoms with Crippen LogP contribution in [-0.2, 0) is 5.60 Å². The molecule has 0 spiro atoms. The zero-order chi connectivity index (χ0) is 10.4. The molecule has 0 unspecified atom stereocenters. The molecule has 0 radical (unpaired) electrons. The summed E-state index contributed by atoms with van der Waals surface area (Å²) >= 11 is 0. The lowest BCUT2D eigenvalue weighted by Crippen LogP contribution is -2.46. The van der Waals surface area contributed by atoms with Gasteiger partial charge in [-0.05, 0) is 30.7 Å². The van der Waals surface area contributed by atoms with Crippen molar-refractivity contribution in [2.75, 3.05) is 0 Å². The molecule has 2 nitrogen and oxygen atoms in total. The van der Waals surface area contributed by atoms with Crippen LogP contribution in [0.1, 0.15) is 37.8 Å². The molecule has 1 heterocycles. The maximum atomic E-state index is 10.3. The fraction of sp³-hybridized carbons (Fsp3) is 0.583. The van der Waals surface area contributed by atoms with Crippen molar-refractivity contribution in [2.45, 2.75) is 39.2 Å². The van der Waals surface area contributed by atoms with Gasteiger partial charge < -0.3 is 5.11 Å². The van der Waals surface area contributed by atoms with E-state index < -0.39 is 5.60 Å². The predicted octanol–water partition coefficient (Wildman–Crippen LogP) is 2.40. The van der Waals surface area contributed by atoms with E-state index in [1.165, 1.54) is 0 Å². The Morgan fingerprint density at radius 2 is 1.93 bits per heavy atom. The number of aryl methyl sites for hydroxylation is 1. The van der Waals surface area contributed by atoms with E-state index in [-0.39, 0.29) is 5.41 Å². The van der Waals surface area contributed by atoms with Gasteiger partial charge in [-0.3, -0.25) is 4.98 Å². The lowest BCUT2D eigenvalue weighted by Gasteiger charge is -2.50. The maximum Gasteiger partial charge on any atom is 0.0921 e. The monoisotopic (exact) mass is 191 g/mol. The molecule has 1 aliphatic rings. The Labute approximate surface area is 85.0 Å². The van der Waals surface area contributed by atoms with Crippen molar-refractivity contribution >= 4 is 0 Å². The van der Waals surface area contributed by atoms with Crippen LogP contribution in [0, 0.1) is 12.3 Å². The van der Waals surface area contributed by atoms with Crippen LogP contribution in [0.5, 0.6) is 0 Å². The normalized spacial score (nSPS) is 22.9. The summed E-state index contributed by atoms with van der Waals surface area (Å²) in [5.41, 5.74) is 1.73. The zero-order valence-electron chi connectivity index (χ0n) is 9.04. The first-order chi connectivity index (χ1) is 6.41. The Bertz CT molecular complexity index is 349. The number of pyridine rings is 1. The van der Waals surface area contributed by atoms with Gasteiger partial charge in [0.05, 0.1) is 5.60 Å². The topological polar surface area (TPSA) is 33.1 Å². The molecule has 0 aliphatic heterocycles. The van der Waals surface area contributed by atoms with Crippen LogP contribution in [-0.4, -0.2) is 10.1 Å². The summed E-state index contributed by atoms with van der Waals surface area (Å²) in [4.78, 5) is 4.12. The van der Waals surface area contributed by atoms with Crippen molar-refractivity contribution in [2.24, 2.45) is 5.41 Å². The molecule has 2 rings (SSSR count). The zero-order valence-corrected chi connectivity index (χ0v) is 9.04. The molecule has 0 aromatic carbocycles. The van der Waals surface area contributed by atoms with Crippen LogP contribution < -0.4 is 0 Å². The third-order valence-electron chi connectivity index (χ3n) is 2.95. The number of aliphatic hydroxyl groups is 1. The molecule has 1 saturated carbocycles. The SMILES string of the molecule is Cc1cncc(C2(O)CC(C)(C)C2)c1. The molecule has 1 fully saturated rings. The minimum Gasteiger partial charge on any atom is -0.385 e. The Kier molecular flexibility index (Phi) is 1.93. The summed E-state index contributed by atoms with van der Waals surface area (Å²) < 4.78 is 0. The second-order valence-corrected chi connectivity index (χ2v) is 5.30. The second-order valence-electron chi connectivity index (χ2n) is 5.30. The summed E-state index contributed by atoms with van der Waals surface area (Å²) in [7, 11) is 0. The van der Waals surface area contributed by atoms with Crippen LogP contribution in [0.15, 0.2) is 18.5 Å². The molecule has 14 heavy (non-hydrogen) atoms. The van der Waals surface area contributed by atoms with Crippen molar-refractivity contribution in [3.8, 4) is 0 Å². The molecular formula is C12H17NO. The number of hydrogen-bond acceptors (Lipinski definition) is 2. The first-order valence-corrected chi connectivity index (χ1v) is 5.06. The number of hydrogen-bond donors (Lipinski definition) is 1.